The van der Waals surface area contributed by atoms with Gasteiger partial charge in [0.25, 0.3) is 0 Å². The van der Waals surface area contributed by atoms with Crippen LogP contribution in [0.15, 0.2) is 36.4 Å². The van der Waals surface area contributed by atoms with E-state index in [2.05, 4.69) is 12.1 Å². The normalized spacial score (nSPS) is 11.8. The molecule has 0 aromatic heterocycles. The van der Waals surface area contributed by atoms with Gasteiger partial charge in [-0.1, -0.05) is 37.3 Å². The average Bonchev–Trinajstić information content (AvgIpc) is 2.38. The second-order valence-corrected chi connectivity index (χ2v) is 5.79. The van der Waals surface area contributed by atoms with Gasteiger partial charge in [-0.25, -0.2) is 0 Å². The van der Waals surface area contributed by atoms with Gasteiger partial charge >= 0.3 is 0 Å². The molecule has 0 saturated carbocycles. The summed E-state index contributed by atoms with van der Waals surface area (Å²) in [6, 6.07) is 16.1. The third-order valence-corrected chi connectivity index (χ3v) is 4.28. The van der Waals surface area contributed by atoms with Gasteiger partial charge in [0.1, 0.15) is 13.6 Å². The minimum atomic E-state index is -1.81. The standard InChI is InChI=1S/C14H13O2P/c1-2-17(16)14-10-6-4-8-12(14)11-7-3-5-9-13(11)15/h3,5,7-10,15,17H,2H2,1H3. The summed E-state index contributed by atoms with van der Waals surface area (Å²) >= 11 is 0. The Bertz CT molecular complexity index is 549. The van der Waals surface area contributed by atoms with Gasteiger partial charge in [-0.15, -0.1) is 0 Å². The number of phenolic OH excluding ortho intramolecular Hbond substituents is 1. The third kappa shape index (κ3) is 2.35. The Balaban J connectivity index is 2.60. The van der Waals surface area contributed by atoms with Crippen LogP contribution in [0.5, 0.6) is 5.75 Å². The van der Waals surface area contributed by atoms with Crippen molar-refractivity contribution >= 4 is 13.1 Å². The van der Waals surface area contributed by atoms with Crippen LogP contribution in [0, 0.1) is 12.1 Å². The molecule has 0 spiro atoms. The number of phenols is 1. The molecular weight excluding hydrogens is 231 g/mol. The van der Waals surface area contributed by atoms with Crippen molar-refractivity contribution in [3.8, 4) is 16.9 Å². The highest BCUT2D eigenvalue weighted by Crippen LogP contribution is 2.31. The molecule has 0 radical (unpaired) electrons. The smallest absolute Gasteiger partial charge is 0.123 e. The number of hydrogen-bond acceptors (Lipinski definition) is 2. The molecular formula is C14H13O2P. The van der Waals surface area contributed by atoms with Crippen LogP contribution in [0.1, 0.15) is 6.92 Å². The van der Waals surface area contributed by atoms with Gasteiger partial charge in [0.05, 0.1) is 0 Å². The molecule has 1 N–H and O–H groups in total. The molecule has 2 aromatic rings. The number of aromatic hydroxyl groups is 1. The van der Waals surface area contributed by atoms with E-state index < -0.39 is 7.80 Å². The zero-order valence-electron chi connectivity index (χ0n) is 9.53. The molecule has 3 heteroatoms. The van der Waals surface area contributed by atoms with Crippen molar-refractivity contribution in [2.75, 3.05) is 6.16 Å². The molecule has 0 aliphatic carbocycles. The number of rotatable bonds is 3. The van der Waals surface area contributed by atoms with Gasteiger partial charge in [0.15, 0.2) is 0 Å². The second kappa shape index (κ2) is 5.08. The summed E-state index contributed by atoms with van der Waals surface area (Å²) in [6.07, 6.45) is 0.614. The molecule has 0 aliphatic heterocycles. The largest absolute Gasteiger partial charge is 0.507 e. The SMILES string of the molecule is CC[PH](=O)c1cc#ccc1-c1ccccc1O. The first-order valence-corrected chi connectivity index (χ1v) is 7.09. The highest BCUT2D eigenvalue weighted by atomic mass is 31.1. The van der Waals surface area contributed by atoms with Crippen LogP contribution < -0.4 is 5.30 Å². The maximum Gasteiger partial charge on any atom is 0.123 e. The highest BCUT2D eigenvalue weighted by molar-refractivity contribution is 7.53. The summed E-state index contributed by atoms with van der Waals surface area (Å²) in [5.41, 5.74) is 1.48. The van der Waals surface area contributed by atoms with Crippen LogP contribution >= 0.6 is 7.80 Å². The number of hydrogen-bond donors (Lipinski definition) is 1. The first kappa shape index (κ1) is 11.8. The summed E-state index contributed by atoms with van der Waals surface area (Å²) in [5.74, 6) is 0.194. The van der Waals surface area contributed by atoms with Gasteiger partial charge in [-0.3, -0.25) is 0 Å². The van der Waals surface area contributed by atoms with E-state index in [1.165, 1.54) is 0 Å². The van der Waals surface area contributed by atoms with E-state index in [1.54, 1.807) is 24.3 Å². The van der Waals surface area contributed by atoms with Crippen molar-refractivity contribution in [3.63, 3.8) is 0 Å². The van der Waals surface area contributed by atoms with E-state index in [9.17, 15) is 9.67 Å². The fourth-order valence-corrected chi connectivity index (χ4v) is 2.85. The quantitative estimate of drug-likeness (QED) is 0.843. The molecule has 0 fully saturated rings. The van der Waals surface area contributed by atoms with Crippen LogP contribution in [0.2, 0.25) is 0 Å². The minimum Gasteiger partial charge on any atom is -0.507 e. The summed E-state index contributed by atoms with van der Waals surface area (Å²) in [6.45, 7) is 1.90. The number of para-hydroxylation sites is 1. The van der Waals surface area contributed by atoms with Crippen molar-refractivity contribution in [3.05, 3.63) is 48.5 Å². The zero-order chi connectivity index (χ0) is 12.3. The van der Waals surface area contributed by atoms with Crippen molar-refractivity contribution in [1.82, 2.24) is 0 Å². The summed E-state index contributed by atoms with van der Waals surface area (Å²) < 4.78 is 12.0. The summed E-state index contributed by atoms with van der Waals surface area (Å²) in [4.78, 5) is 0. The first-order chi connectivity index (χ1) is 8.24. The number of benzene rings is 1. The first-order valence-electron chi connectivity index (χ1n) is 5.47. The van der Waals surface area contributed by atoms with E-state index >= 15 is 0 Å². The van der Waals surface area contributed by atoms with Crippen molar-refractivity contribution in [2.45, 2.75) is 6.92 Å². The van der Waals surface area contributed by atoms with Crippen LogP contribution in [-0.2, 0) is 4.57 Å². The molecule has 0 heterocycles. The van der Waals surface area contributed by atoms with E-state index in [0.717, 1.165) is 10.9 Å². The molecule has 0 aliphatic rings. The molecule has 2 rings (SSSR count). The summed E-state index contributed by atoms with van der Waals surface area (Å²) in [5, 5.41) is 10.6. The average molecular weight is 244 g/mol. The Morgan fingerprint density at radius 2 is 1.88 bits per heavy atom. The Hall–Kier alpha value is -1.71. The van der Waals surface area contributed by atoms with E-state index in [-0.39, 0.29) is 5.75 Å². The lowest BCUT2D eigenvalue weighted by atomic mass is 10.1. The summed E-state index contributed by atoms with van der Waals surface area (Å²) in [7, 11) is -1.81. The Morgan fingerprint density at radius 3 is 2.59 bits per heavy atom. The molecule has 1 atom stereocenters. The molecule has 0 saturated heterocycles. The van der Waals surface area contributed by atoms with Gasteiger partial charge in [0.2, 0.25) is 0 Å². The third-order valence-electron chi connectivity index (χ3n) is 2.62. The molecule has 1 unspecified atom stereocenters. The Labute approximate surface area is 102 Å². The predicted molar refractivity (Wildman–Crippen MR) is 70.4 cm³/mol. The van der Waals surface area contributed by atoms with Gasteiger partial charge < -0.3 is 9.67 Å². The monoisotopic (exact) mass is 244 g/mol. The van der Waals surface area contributed by atoms with Crippen LogP contribution in [0.4, 0.5) is 0 Å². The van der Waals surface area contributed by atoms with Crippen LogP contribution in [0.25, 0.3) is 11.1 Å². The molecule has 0 amide bonds. The Morgan fingerprint density at radius 1 is 1.18 bits per heavy atom. The molecule has 0 bridgehead atoms. The lowest BCUT2D eigenvalue weighted by molar-refractivity contribution is 0.477. The fourth-order valence-electron chi connectivity index (χ4n) is 1.73. The molecule has 17 heavy (non-hydrogen) atoms. The van der Waals surface area contributed by atoms with Gasteiger partial charge in [-0.2, -0.15) is 0 Å². The van der Waals surface area contributed by atoms with Crippen LogP contribution in [0.3, 0.4) is 0 Å². The maximum atomic E-state index is 12.0. The highest BCUT2D eigenvalue weighted by Gasteiger charge is 2.11. The fraction of sp³-hybridized carbons (Fsp3) is 0.143. The molecule has 2 aromatic carbocycles. The second-order valence-electron chi connectivity index (χ2n) is 3.70. The van der Waals surface area contributed by atoms with Crippen molar-refractivity contribution in [2.24, 2.45) is 0 Å². The van der Waals surface area contributed by atoms with E-state index in [4.69, 9.17) is 0 Å². The topological polar surface area (TPSA) is 37.3 Å². The lowest BCUT2D eigenvalue weighted by Gasteiger charge is -2.08. The predicted octanol–water partition coefficient (Wildman–Crippen LogP) is 2.86. The van der Waals surface area contributed by atoms with E-state index in [0.29, 0.717) is 11.7 Å². The maximum absolute atomic E-state index is 12.0. The Kier molecular flexibility index (Phi) is 3.52. The zero-order valence-corrected chi connectivity index (χ0v) is 10.5. The molecule has 86 valence electrons. The van der Waals surface area contributed by atoms with Crippen molar-refractivity contribution in [1.29, 1.82) is 0 Å². The molecule has 2 nitrogen and oxygen atoms in total. The lowest BCUT2D eigenvalue weighted by Crippen LogP contribution is -2.01. The van der Waals surface area contributed by atoms with E-state index in [1.807, 2.05) is 19.1 Å². The van der Waals surface area contributed by atoms with Gasteiger partial charge in [0, 0.05) is 16.4 Å². The van der Waals surface area contributed by atoms with Crippen LogP contribution in [-0.4, -0.2) is 11.3 Å². The minimum absolute atomic E-state index is 0.194. The van der Waals surface area contributed by atoms with Crippen molar-refractivity contribution < 1.29 is 9.67 Å². The van der Waals surface area contributed by atoms with Gasteiger partial charge in [-0.05, 0) is 24.4 Å².